The molecule has 12 heteroatoms. The fourth-order valence-electron chi connectivity index (χ4n) is 3.50. The van der Waals surface area contributed by atoms with E-state index in [0.717, 1.165) is 23.1 Å². The molecule has 4 rings (SSSR count). The summed E-state index contributed by atoms with van der Waals surface area (Å²) in [6, 6.07) is 10.1. The van der Waals surface area contributed by atoms with E-state index in [1.165, 1.54) is 37.4 Å². The van der Waals surface area contributed by atoms with Crippen molar-refractivity contribution in [3.8, 4) is 5.69 Å². The molecular weight excluding hydrogens is 495 g/mol. The molecule has 0 saturated carbocycles. The van der Waals surface area contributed by atoms with E-state index in [0.29, 0.717) is 22.2 Å². The number of aldehydes is 1. The molecule has 34 heavy (non-hydrogen) atoms. The summed E-state index contributed by atoms with van der Waals surface area (Å²) in [5.74, 6) is -0.825. The summed E-state index contributed by atoms with van der Waals surface area (Å²) in [5, 5.41) is -0.0523. The van der Waals surface area contributed by atoms with E-state index in [9.17, 15) is 32.3 Å². The molecule has 0 bridgehead atoms. The number of amides is 1. The molecule has 4 aromatic rings. The van der Waals surface area contributed by atoms with E-state index >= 15 is 0 Å². The summed E-state index contributed by atoms with van der Waals surface area (Å²) < 4.78 is 40.7. The van der Waals surface area contributed by atoms with Gasteiger partial charge in [-0.3, -0.25) is 14.4 Å². The summed E-state index contributed by atoms with van der Waals surface area (Å²) in [6.45, 7) is 0. The summed E-state index contributed by atoms with van der Waals surface area (Å²) in [7, 11) is 1.17. The normalized spacial score (nSPS) is 11.6. The van der Waals surface area contributed by atoms with Gasteiger partial charge in [0.15, 0.2) is 6.29 Å². The molecule has 2 aromatic carbocycles. The minimum absolute atomic E-state index is 0.0404. The number of para-hydroxylation sites is 1. The van der Waals surface area contributed by atoms with Crippen molar-refractivity contribution in [1.82, 2.24) is 9.55 Å². The van der Waals surface area contributed by atoms with Gasteiger partial charge in [-0.2, -0.15) is 13.2 Å². The maximum atomic E-state index is 13.4. The van der Waals surface area contributed by atoms with Crippen molar-refractivity contribution in [2.75, 3.05) is 11.9 Å². The number of rotatable bonds is 4. The van der Waals surface area contributed by atoms with Crippen molar-refractivity contribution < 1.29 is 22.8 Å². The maximum Gasteiger partial charge on any atom is 0.418 e. The molecule has 0 aliphatic heterocycles. The second kappa shape index (κ2) is 8.58. The van der Waals surface area contributed by atoms with Crippen LogP contribution in [0, 0.1) is 0 Å². The number of thiophene rings is 1. The number of fused-ring (bicyclic) bond motifs is 1. The average molecular weight is 508 g/mol. The van der Waals surface area contributed by atoms with Gasteiger partial charge in [0, 0.05) is 12.6 Å². The number of aromatic nitrogens is 2. The Morgan fingerprint density at radius 3 is 2.53 bits per heavy atom. The Hall–Kier alpha value is -3.70. The number of H-pyrrole nitrogens is 1. The molecule has 1 amide bonds. The lowest BCUT2D eigenvalue weighted by molar-refractivity contribution is -0.137. The highest BCUT2D eigenvalue weighted by Crippen LogP contribution is 2.37. The van der Waals surface area contributed by atoms with Gasteiger partial charge in [-0.15, -0.1) is 11.3 Å². The molecule has 0 radical (unpaired) electrons. The highest BCUT2D eigenvalue weighted by atomic mass is 35.5. The highest BCUT2D eigenvalue weighted by molar-refractivity contribution is 7.18. The molecule has 0 spiro atoms. The highest BCUT2D eigenvalue weighted by Gasteiger charge is 2.35. The van der Waals surface area contributed by atoms with Crippen LogP contribution in [0.3, 0.4) is 0 Å². The van der Waals surface area contributed by atoms with Crippen LogP contribution in [0.5, 0.6) is 0 Å². The van der Waals surface area contributed by atoms with Gasteiger partial charge in [-0.05, 0) is 24.3 Å². The quantitative estimate of drug-likeness (QED) is 0.412. The molecule has 0 aliphatic carbocycles. The van der Waals surface area contributed by atoms with Crippen LogP contribution >= 0.6 is 22.9 Å². The van der Waals surface area contributed by atoms with E-state index in [1.54, 1.807) is 0 Å². The zero-order valence-corrected chi connectivity index (χ0v) is 18.7. The van der Waals surface area contributed by atoms with Gasteiger partial charge in [-0.25, -0.2) is 9.36 Å². The lowest BCUT2D eigenvalue weighted by Crippen LogP contribution is -2.34. The minimum atomic E-state index is -4.69. The van der Waals surface area contributed by atoms with Crippen LogP contribution in [-0.2, 0) is 6.18 Å². The number of nitrogens with zero attached hydrogens (tertiary/aromatic N) is 2. The van der Waals surface area contributed by atoms with Crippen LogP contribution in [0.1, 0.15) is 25.6 Å². The Labute approximate surface area is 197 Å². The topological polar surface area (TPSA) is 92.2 Å². The lowest BCUT2D eigenvalue weighted by atomic mass is 10.1. The third-order valence-electron chi connectivity index (χ3n) is 5.08. The molecule has 1 N–H and O–H groups in total. The van der Waals surface area contributed by atoms with Gasteiger partial charge < -0.3 is 9.88 Å². The first-order chi connectivity index (χ1) is 16.0. The van der Waals surface area contributed by atoms with Gasteiger partial charge in [0.2, 0.25) is 0 Å². The standard InChI is InChI=1S/C22H13ClF3N3O4S/c1-28(14-8-3-2-6-12(14)22(24,25)26)19(31)16-9-15(18(23)34-16)29-20(32)17-11(10-30)5-4-7-13(17)27-21(29)33/h2-10H,1H3,(H,27,33). The monoisotopic (exact) mass is 507 g/mol. The first kappa shape index (κ1) is 23.5. The molecule has 2 aromatic heterocycles. The van der Waals surface area contributed by atoms with Crippen molar-refractivity contribution in [2.24, 2.45) is 0 Å². The van der Waals surface area contributed by atoms with Crippen LogP contribution in [0.25, 0.3) is 16.6 Å². The van der Waals surface area contributed by atoms with E-state index in [1.807, 2.05) is 0 Å². The van der Waals surface area contributed by atoms with Gasteiger partial charge in [0.1, 0.15) is 4.34 Å². The third kappa shape index (κ3) is 3.93. The largest absolute Gasteiger partial charge is 0.418 e. The number of nitrogens with one attached hydrogen (secondary N) is 1. The van der Waals surface area contributed by atoms with Crippen molar-refractivity contribution in [2.45, 2.75) is 6.18 Å². The van der Waals surface area contributed by atoms with Gasteiger partial charge in [-0.1, -0.05) is 35.9 Å². The number of halogens is 4. The number of benzene rings is 2. The van der Waals surface area contributed by atoms with Gasteiger partial charge in [0.25, 0.3) is 11.5 Å². The summed E-state index contributed by atoms with van der Waals surface area (Å²) in [4.78, 5) is 53.3. The molecule has 0 atom stereocenters. The number of hydrogen-bond acceptors (Lipinski definition) is 5. The Bertz CT molecular complexity index is 1570. The number of aromatic amines is 1. The Morgan fingerprint density at radius 1 is 1.15 bits per heavy atom. The fraction of sp³-hybridized carbons (Fsp3) is 0.0909. The number of anilines is 1. The number of carbonyl (C=O) groups excluding carboxylic acids is 2. The summed E-state index contributed by atoms with van der Waals surface area (Å²) >= 11 is 6.93. The van der Waals surface area contributed by atoms with E-state index in [2.05, 4.69) is 4.98 Å². The predicted molar refractivity (Wildman–Crippen MR) is 123 cm³/mol. The SMILES string of the molecule is CN(C(=O)c1cc(-n2c(=O)[nH]c3cccc(C=O)c3c2=O)c(Cl)s1)c1ccccc1C(F)(F)F. The number of carbonyl (C=O) groups is 2. The minimum Gasteiger partial charge on any atom is -0.310 e. The Kier molecular flexibility index (Phi) is 5.92. The molecule has 0 fully saturated rings. The predicted octanol–water partition coefficient (Wildman–Crippen LogP) is 4.50. The lowest BCUT2D eigenvalue weighted by Gasteiger charge is -2.21. The third-order valence-corrected chi connectivity index (χ3v) is 6.41. The second-order valence-corrected chi connectivity index (χ2v) is 8.76. The van der Waals surface area contributed by atoms with Crippen LogP contribution in [-0.4, -0.2) is 28.8 Å². The van der Waals surface area contributed by atoms with Gasteiger partial charge >= 0.3 is 11.9 Å². The smallest absolute Gasteiger partial charge is 0.310 e. The summed E-state index contributed by atoms with van der Waals surface area (Å²) in [6.07, 6.45) is -4.23. The average Bonchev–Trinajstić information content (AvgIpc) is 3.18. The van der Waals surface area contributed by atoms with Crippen molar-refractivity contribution in [3.05, 3.63) is 89.7 Å². The number of alkyl halides is 3. The van der Waals surface area contributed by atoms with E-state index < -0.39 is 28.9 Å². The molecule has 2 heterocycles. The maximum absolute atomic E-state index is 13.4. The summed E-state index contributed by atoms with van der Waals surface area (Å²) in [5.41, 5.74) is -3.03. The first-order valence-electron chi connectivity index (χ1n) is 9.51. The Balaban J connectivity index is 1.83. The van der Waals surface area contributed by atoms with E-state index in [4.69, 9.17) is 11.6 Å². The van der Waals surface area contributed by atoms with Crippen molar-refractivity contribution >= 4 is 51.7 Å². The van der Waals surface area contributed by atoms with Crippen LogP contribution in [0.2, 0.25) is 4.34 Å². The first-order valence-corrected chi connectivity index (χ1v) is 10.7. The molecular formula is C22H13ClF3N3O4S. The molecule has 0 unspecified atom stereocenters. The zero-order chi connectivity index (χ0) is 24.8. The molecule has 174 valence electrons. The molecule has 7 nitrogen and oxygen atoms in total. The number of hydrogen-bond donors (Lipinski definition) is 1. The van der Waals surface area contributed by atoms with Crippen molar-refractivity contribution in [1.29, 1.82) is 0 Å². The van der Waals surface area contributed by atoms with Crippen LogP contribution < -0.4 is 16.1 Å². The fourth-order valence-corrected chi connectivity index (χ4v) is 4.73. The van der Waals surface area contributed by atoms with Gasteiger partial charge in [0.05, 0.1) is 32.7 Å². The van der Waals surface area contributed by atoms with Crippen LogP contribution in [0.4, 0.5) is 18.9 Å². The Morgan fingerprint density at radius 2 is 1.85 bits per heavy atom. The molecule has 0 saturated heterocycles. The van der Waals surface area contributed by atoms with Crippen molar-refractivity contribution in [3.63, 3.8) is 0 Å². The second-order valence-electron chi connectivity index (χ2n) is 7.11. The van der Waals surface area contributed by atoms with Crippen LogP contribution in [0.15, 0.2) is 58.1 Å². The van der Waals surface area contributed by atoms with E-state index in [-0.39, 0.29) is 37.1 Å². The zero-order valence-electron chi connectivity index (χ0n) is 17.1. The molecule has 0 aliphatic rings.